The van der Waals surface area contributed by atoms with Gasteiger partial charge in [0.25, 0.3) is 0 Å². The molecule has 2 aromatic carbocycles. The highest BCUT2D eigenvalue weighted by molar-refractivity contribution is 6.31. The molecule has 1 atom stereocenters. The van der Waals surface area contributed by atoms with E-state index < -0.39 is 23.8 Å². The number of carbonyl (C=O) groups is 1. The monoisotopic (exact) mass is 426 g/mol. The lowest BCUT2D eigenvalue weighted by atomic mass is 9.97. The molecule has 1 heterocycles. The van der Waals surface area contributed by atoms with E-state index in [4.69, 9.17) is 25.8 Å². The van der Waals surface area contributed by atoms with Crippen molar-refractivity contribution in [2.24, 2.45) is 0 Å². The van der Waals surface area contributed by atoms with Crippen molar-refractivity contribution in [3.63, 3.8) is 0 Å². The summed E-state index contributed by atoms with van der Waals surface area (Å²) >= 11 is 6.34. The Hall–Kier alpha value is -2.67. The van der Waals surface area contributed by atoms with Crippen molar-refractivity contribution < 1.29 is 32.2 Å². The number of rotatable bonds is 5. The second-order valence-corrected chi connectivity index (χ2v) is 6.77. The van der Waals surface area contributed by atoms with E-state index in [0.29, 0.717) is 22.8 Å². The maximum atomic E-state index is 13.5. The first-order valence-electron chi connectivity index (χ1n) is 8.80. The van der Waals surface area contributed by atoms with E-state index in [1.165, 1.54) is 19.1 Å². The Balaban J connectivity index is 1.96. The lowest BCUT2D eigenvalue weighted by Gasteiger charge is -2.28. The number of fused-ring (bicyclic) bond motifs is 1. The third-order valence-corrected chi connectivity index (χ3v) is 4.73. The second kappa shape index (κ2) is 8.37. The Kier molecular flexibility index (Phi) is 6.07. The summed E-state index contributed by atoms with van der Waals surface area (Å²) in [5.41, 5.74) is 1.19. The molecule has 0 saturated heterocycles. The first-order chi connectivity index (χ1) is 13.7. The van der Waals surface area contributed by atoms with Crippen LogP contribution in [0.2, 0.25) is 5.02 Å². The number of methoxy groups -OCH3 is 1. The fourth-order valence-electron chi connectivity index (χ4n) is 2.98. The van der Waals surface area contributed by atoms with Crippen molar-refractivity contribution in [3.8, 4) is 11.5 Å². The van der Waals surface area contributed by atoms with Crippen LogP contribution in [0.4, 0.5) is 13.2 Å². The quantitative estimate of drug-likeness (QED) is 0.616. The molecule has 0 aromatic heterocycles. The molecule has 1 aliphatic rings. The number of hydrogen-bond donors (Lipinski definition) is 0. The van der Waals surface area contributed by atoms with Crippen LogP contribution < -0.4 is 9.47 Å². The van der Waals surface area contributed by atoms with Crippen LogP contribution in [0, 0.1) is 0 Å². The topological polar surface area (TPSA) is 44.8 Å². The number of carbonyl (C=O) groups excluding carboxylic acids is 1. The van der Waals surface area contributed by atoms with Crippen molar-refractivity contribution in [1.29, 1.82) is 0 Å². The molecule has 0 radical (unpaired) electrons. The van der Waals surface area contributed by atoms with Gasteiger partial charge in [-0.2, -0.15) is 13.2 Å². The first-order valence-corrected chi connectivity index (χ1v) is 9.18. The number of esters is 1. The molecule has 154 valence electrons. The Morgan fingerprint density at radius 2 is 1.90 bits per heavy atom. The summed E-state index contributed by atoms with van der Waals surface area (Å²) in [6.45, 7) is 1.47. The number of hydrogen-bond acceptors (Lipinski definition) is 4. The molecule has 3 rings (SSSR count). The summed E-state index contributed by atoms with van der Waals surface area (Å²) in [6.07, 6.45) is -5.65. The average molecular weight is 427 g/mol. The summed E-state index contributed by atoms with van der Waals surface area (Å²) in [6, 6.07) is 10.2. The molecule has 0 N–H and O–H groups in total. The molecular weight excluding hydrogens is 409 g/mol. The smallest absolute Gasteiger partial charge is 0.430 e. The molecule has 0 spiro atoms. The van der Waals surface area contributed by atoms with Crippen molar-refractivity contribution in [2.75, 3.05) is 13.7 Å². The summed E-state index contributed by atoms with van der Waals surface area (Å²) in [7, 11) is 1.56. The Labute approximate surface area is 170 Å². The van der Waals surface area contributed by atoms with E-state index in [0.717, 1.165) is 11.6 Å². The van der Waals surface area contributed by atoms with E-state index in [-0.39, 0.29) is 17.9 Å². The van der Waals surface area contributed by atoms with Crippen LogP contribution in [0.3, 0.4) is 0 Å². The molecule has 29 heavy (non-hydrogen) atoms. The van der Waals surface area contributed by atoms with E-state index in [1.54, 1.807) is 19.2 Å². The maximum absolute atomic E-state index is 13.5. The Bertz CT molecular complexity index is 936. The van der Waals surface area contributed by atoms with Crippen LogP contribution >= 0.6 is 11.6 Å². The van der Waals surface area contributed by atoms with E-state index >= 15 is 0 Å². The normalized spacial score (nSPS) is 15.8. The lowest BCUT2D eigenvalue weighted by molar-refractivity contribution is -0.187. The van der Waals surface area contributed by atoms with Gasteiger partial charge in [-0.25, -0.2) is 4.79 Å². The molecule has 4 nitrogen and oxygen atoms in total. The van der Waals surface area contributed by atoms with Gasteiger partial charge in [-0.3, -0.25) is 0 Å². The first kappa shape index (κ1) is 21.0. The van der Waals surface area contributed by atoms with Crippen LogP contribution in [-0.2, 0) is 16.0 Å². The zero-order valence-electron chi connectivity index (χ0n) is 15.7. The minimum atomic E-state index is -4.77. The molecule has 1 unspecified atom stereocenters. The van der Waals surface area contributed by atoms with Crippen LogP contribution in [-0.4, -0.2) is 32.0 Å². The summed E-state index contributed by atoms with van der Waals surface area (Å²) in [5.74, 6) is -0.370. The van der Waals surface area contributed by atoms with Crippen molar-refractivity contribution in [1.82, 2.24) is 0 Å². The standard InChI is InChI=1S/C21H18ClF3O4/c1-3-28-20(26)16-9-14-10-17(22)13(8-12-4-6-15(27-2)7-5-12)11-18(14)29-19(16)21(23,24)25/h4-7,9-11,19H,3,8H2,1-2H3. The Morgan fingerprint density at radius 1 is 1.21 bits per heavy atom. The van der Waals surface area contributed by atoms with Gasteiger partial charge in [-0.05, 0) is 54.8 Å². The molecule has 0 saturated carbocycles. The van der Waals surface area contributed by atoms with Gasteiger partial charge in [-0.15, -0.1) is 0 Å². The number of halogens is 4. The van der Waals surface area contributed by atoms with Gasteiger partial charge in [0.1, 0.15) is 11.5 Å². The highest BCUT2D eigenvalue weighted by atomic mass is 35.5. The predicted molar refractivity (Wildman–Crippen MR) is 102 cm³/mol. The Morgan fingerprint density at radius 3 is 2.48 bits per heavy atom. The van der Waals surface area contributed by atoms with Crippen LogP contribution in [0.1, 0.15) is 23.6 Å². The third kappa shape index (κ3) is 4.67. The number of alkyl halides is 3. The molecule has 0 bridgehead atoms. The van der Waals surface area contributed by atoms with Gasteiger partial charge in [0.2, 0.25) is 6.10 Å². The highest BCUT2D eigenvalue weighted by Gasteiger charge is 2.48. The molecule has 8 heteroatoms. The largest absolute Gasteiger partial charge is 0.497 e. The molecule has 0 amide bonds. The van der Waals surface area contributed by atoms with Crippen LogP contribution in [0.15, 0.2) is 42.0 Å². The van der Waals surface area contributed by atoms with Crippen molar-refractivity contribution in [3.05, 3.63) is 63.7 Å². The fraction of sp³-hybridized carbons (Fsp3) is 0.286. The zero-order chi connectivity index (χ0) is 21.2. The molecule has 1 aliphatic heterocycles. The van der Waals surface area contributed by atoms with Gasteiger partial charge in [-0.1, -0.05) is 23.7 Å². The van der Waals surface area contributed by atoms with Gasteiger partial charge >= 0.3 is 12.1 Å². The van der Waals surface area contributed by atoms with Crippen LogP contribution in [0.5, 0.6) is 11.5 Å². The van der Waals surface area contributed by atoms with E-state index in [2.05, 4.69) is 0 Å². The zero-order valence-corrected chi connectivity index (χ0v) is 16.4. The minimum Gasteiger partial charge on any atom is -0.497 e. The third-order valence-electron chi connectivity index (χ3n) is 4.38. The van der Waals surface area contributed by atoms with Gasteiger partial charge in [0.05, 0.1) is 19.3 Å². The maximum Gasteiger partial charge on any atom is 0.430 e. The van der Waals surface area contributed by atoms with Crippen LogP contribution in [0.25, 0.3) is 6.08 Å². The minimum absolute atomic E-state index is 0.00767. The highest BCUT2D eigenvalue weighted by Crippen LogP contribution is 2.40. The molecule has 0 aliphatic carbocycles. The lowest BCUT2D eigenvalue weighted by Crippen LogP contribution is -2.40. The molecule has 2 aromatic rings. The molecule has 0 fully saturated rings. The van der Waals surface area contributed by atoms with Crippen molar-refractivity contribution in [2.45, 2.75) is 25.6 Å². The van der Waals surface area contributed by atoms with E-state index in [1.807, 2.05) is 12.1 Å². The number of benzene rings is 2. The second-order valence-electron chi connectivity index (χ2n) is 6.37. The summed E-state index contributed by atoms with van der Waals surface area (Å²) < 4.78 is 55.4. The summed E-state index contributed by atoms with van der Waals surface area (Å²) in [4.78, 5) is 12.0. The summed E-state index contributed by atoms with van der Waals surface area (Å²) in [5, 5.41) is 0.355. The van der Waals surface area contributed by atoms with Gasteiger partial charge in [0.15, 0.2) is 0 Å². The molecular formula is C21H18ClF3O4. The predicted octanol–water partition coefficient (Wildman–Crippen LogP) is 5.21. The number of ether oxygens (including phenoxy) is 3. The van der Waals surface area contributed by atoms with E-state index in [9.17, 15) is 18.0 Å². The fourth-order valence-corrected chi connectivity index (χ4v) is 3.22. The average Bonchev–Trinajstić information content (AvgIpc) is 2.67. The van der Waals surface area contributed by atoms with Gasteiger partial charge in [0, 0.05) is 10.6 Å². The SMILES string of the molecule is CCOC(=O)C1=Cc2cc(Cl)c(Cc3ccc(OC)cc3)cc2OC1C(F)(F)F. The van der Waals surface area contributed by atoms with Crippen molar-refractivity contribution >= 4 is 23.6 Å². The van der Waals surface area contributed by atoms with Gasteiger partial charge < -0.3 is 14.2 Å².